The van der Waals surface area contributed by atoms with Crippen molar-refractivity contribution >= 4 is 21.8 Å². The Kier molecular flexibility index (Phi) is 7.36. The van der Waals surface area contributed by atoms with Crippen molar-refractivity contribution in [3.8, 4) is 5.75 Å². The number of hydrogen-bond acceptors (Lipinski definition) is 3. The fourth-order valence-electron chi connectivity index (χ4n) is 1.85. The minimum Gasteiger partial charge on any atom is -0.483 e. The van der Waals surface area contributed by atoms with Crippen LogP contribution in [-0.4, -0.2) is 24.1 Å². The Morgan fingerprint density at radius 3 is 2.64 bits per heavy atom. The van der Waals surface area contributed by atoms with Gasteiger partial charge in [0.25, 0.3) is 5.91 Å². The van der Waals surface area contributed by atoms with Gasteiger partial charge in [0.2, 0.25) is 0 Å². The summed E-state index contributed by atoms with van der Waals surface area (Å²) in [6.45, 7) is 10.9. The fourth-order valence-corrected chi connectivity index (χ4v) is 2.26. The lowest BCUT2D eigenvalue weighted by Crippen LogP contribution is -2.43. The zero-order valence-electron chi connectivity index (χ0n) is 14.1. The number of nitrogens with one attached hydrogen (secondary N) is 2. The molecule has 0 heterocycles. The first kappa shape index (κ1) is 19.0. The van der Waals surface area contributed by atoms with E-state index in [4.69, 9.17) is 4.74 Å². The Bertz CT molecular complexity index is 498. The highest BCUT2D eigenvalue weighted by Crippen LogP contribution is 2.23. The minimum atomic E-state index is -0.249. The number of carbonyl (C=O) groups is 1. The molecule has 4 nitrogen and oxygen atoms in total. The van der Waals surface area contributed by atoms with Crippen LogP contribution in [0.3, 0.4) is 0 Å². The number of hydrogen-bond donors (Lipinski definition) is 2. The SMILES string of the molecule is CCC(C)NCc1cc(Br)ccc1OCC(=O)NC(C)(C)C. The van der Waals surface area contributed by atoms with Crippen LogP contribution in [0.4, 0.5) is 0 Å². The molecule has 0 aliphatic carbocycles. The van der Waals surface area contributed by atoms with Gasteiger partial charge in [-0.15, -0.1) is 0 Å². The zero-order valence-corrected chi connectivity index (χ0v) is 15.7. The quantitative estimate of drug-likeness (QED) is 0.770. The fraction of sp³-hybridized carbons (Fsp3) is 0.588. The molecule has 0 aliphatic rings. The Morgan fingerprint density at radius 2 is 2.05 bits per heavy atom. The topological polar surface area (TPSA) is 50.4 Å². The summed E-state index contributed by atoms with van der Waals surface area (Å²) in [4.78, 5) is 11.9. The first-order valence-electron chi connectivity index (χ1n) is 7.67. The van der Waals surface area contributed by atoms with Gasteiger partial charge in [0, 0.05) is 28.2 Å². The lowest BCUT2D eigenvalue weighted by molar-refractivity contribution is -0.124. The van der Waals surface area contributed by atoms with Crippen molar-refractivity contribution in [2.45, 2.75) is 59.2 Å². The molecule has 0 saturated heterocycles. The average Bonchev–Trinajstić information content (AvgIpc) is 2.41. The number of halogens is 1. The van der Waals surface area contributed by atoms with Gasteiger partial charge in [0.15, 0.2) is 6.61 Å². The Labute approximate surface area is 142 Å². The van der Waals surface area contributed by atoms with E-state index in [1.54, 1.807) is 0 Å². The van der Waals surface area contributed by atoms with Crippen molar-refractivity contribution in [1.29, 1.82) is 0 Å². The third-order valence-electron chi connectivity index (χ3n) is 3.15. The summed E-state index contributed by atoms with van der Waals surface area (Å²) in [5, 5.41) is 6.33. The predicted molar refractivity (Wildman–Crippen MR) is 94.1 cm³/mol. The molecule has 124 valence electrons. The molecule has 1 rings (SSSR count). The summed E-state index contributed by atoms with van der Waals surface area (Å²) < 4.78 is 6.69. The van der Waals surface area contributed by atoms with E-state index in [0.717, 1.165) is 22.2 Å². The highest BCUT2D eigenvalue weighted by Gasteiger charge is 2.15. The van der Waals surface area contributed by atoms with Crippen LogP contribution in [0, 0.1) is 0 Å². The van der Waals surface area contributed by atoms with Crippen LogP contribution in [0.2, 0.25) is 0 Å². The van der Waals surface area contributed by atoms with Gasteiger partial charge in [-0.1, -0.05) is 22.9 Å². The predicted octanol–water partition coefficient (Wildman–Crippen LogP) is 3.63. The minimum absolute atomic E-state index is 0.0230. The van der Waals surface area contributed by atoms with Crippen molar-refractivity contribution in [1.82, 2.24) is 10.6 Å². The third-order valence-corrected chi connectivity index (χ3v) is 3.64. The zero-order chi connectivity index (χ0) is 16.8. The monoisotopic (exact) mass is 370 g/mol. The van der Waals surface area contributed by atoms with Gasteiger partial charge in [-0.25, -0.2) is 0 Å². The number of carbonyl (C=O) groups excluding carboxylic acids is 1. The second kappa shape index (κ2) is 8.53. The summed E-state index contributed by atoms with van der Waals surface area (Å²) in [6.07, 6.45) is 1.07. The molecule has 22 heavy (non-hydrogen) atoms. The first-order chi connectivity index (χ1) is 10.2. The smallest absolute Gasteiger partial charge is 0.258 e. The molecular weight excluding hydrogens is 344 g/mol. The van der Waals surface area contributed by atoms with Crippen LogP contribution in [0.25, 0.3) is 0 Å². The Balaban J connectivity index is 2.67. The maximum absolute atomic E-state index is 11.9. The molecule has 0 aromatic heterocycles. The van der Waals surface area contributed by atoms with Crippen LogP contribution >= 0.6 is 15.9 Å². The number of ether oxygens (including phenoxy) is 1. The van der Waals surface area contributed by atoms with Gasteiger partial charge in [0.05, 0.1) is 0 Å². The van der Waals surface area contributed by atoms with Crippen molar-refractivity contribution < 1.29 is 9.53 Å². The van der Waals surface area contributed by atoms with E-state index in [2.05, 4.69) is 40.4 Å². The summed E-state index contributed by atoms with van der Waals surface area (Å²) in [7, 11) is 0. The summed E-state index contributed by atoms with van der Waals surface area (Å²) >= 11 is 3.48. The molecule has 1 aromatic rings. The molecule has 1 unspecified atom stereocenters. The van der Waals surface area contributed by atoms with E-state index in [1.165, 1.54) is 0 Å². The van der Waals surface area contributed by atoms with Crippen molar-refractivity contribution in [2.24, 2.45) is 0 Å². The van der Waals surface area contributed by atoms with Crippen LogP contribution in [-0.2, 0) is 11.3 Å². The molecule has 0 aliphatic heterocycles. The maximum Gasteiger partial charge on any atom is 0.258 e. The van der Waals surface area contributed by atoms with Crippen LogP contribution < -0.4 is 15.4 Å². The lowest BCUT2D eigenvalue weighted by Gasteiger charge is -2.21. The molecule has 0 bridgehead atoms. The number of benzene rings is 1. The van der Waals surface area contributed by atoms with Crippen LogP contribution in [0.15, 0.2) is 22.7 Å². The summed E-state index contributed by atoms with van der Waals surface area (Å²) in [6, 6.07) is 6.27. The second-order valence-corrected chi connectivity index (χ2v) is 7.44. The lowest BCUT2D eigenvalue weighted by atomic mass is 10.1. The maximum atomic E-state index is 11.9. The number of rotatable bonds is 7. The Hall–Kier alpha value is -1.07. The van der Waals surface area contributed by atoms with E-state index < -0.39 is 0 Å². The van der Waals surface area contributed by atoms with Crippen molar-refractivity contribution in [3.05, 3.63) is 28.2 Å². The molecule has 1 amide bonds. The van der Waals surface area contributed by atoms with E-state index in [-0.39, 0.29) is 18.1 Å². The van der Waals surface area contributed by atoms with Gasteiger partial charge in [-0.3, -0.25) is 4.79 Å². The molecule has 0 fully saturated rings. The molecule has 1 atom stereocenters. The van der Waals surface area contributed by atoms with Gasteiger partial charge in [-0.2, -0.15) is 0 Å². The third kappa shape index (κ3) is 7.27. The standard InChI is InChI=1S/C17H27BrN2O2/c1-6-12(2)19-10-13-9-14(18)7-8-15(13)22-11-16(21)20-17(3,4)5/h7-9,12,19H,6,10-11H2,1-5H3,(H,20,21). The Morgan fingerprint density at radius 1 is 1.36 bits per heavy atom. The molecule has 0 spiro atoms. The van der Waals surface area contributed by atoms with Crippen LogP contribution in [0.5, 0.6) is 5.75 Å². The molecule has 5 heteroatoms. The second-order valence-electron chi connectivity index (χ2n) is 6.53. The van der Waals surface area contributed by atoms with E-state index in [0.29, 0.717) is 12.6 Å². The summed E-state index contributed by atoms with van der Waals surface area (Å²) in [5.41, 5.74) is 0.791. The molecule has 1 aromatic carbocycles. The largest absolute Gasteiger partial charge is 0.483 e. The highest BCUT2D eigenvalue weighted by atomic mass is 79.9. The van der Waals surface area contributed by atoms with E-state index >= 15 is 0 Å². The molecule has 2 N–H and O–H groups in total. The highest BCUT2D eigenvalue weighted by molar-refractivity contribution is 9.10. The van der Waals surface area contributed by atoms with E-state index in [1.807, 2.05) is 39.0 Å². The summed E-state index contributed by atoms with van der Waals surface area (Å²) in [5.74, 6) is 0.624. The molecular formula is C17H27BrN2O2. The van der Waals surface area contributed by atoms with Crippen LogP contribution in [0.1, 0.15) is 46.6 Å². The van der Waals surface area contributed by atoms with Gasteiger partial charge in [0.1, 0.15) is 5.75 Å². The van der Waals surface area contributed by atoms with E-state index in [9.17, 15) is 4.79 Å². The first-order valence-corrected chi connectivity index (χ1v) is 8.46. The van der Waals surface area contributed by atoms with Gasteiger partial charge in [-0.05, 0) is 52.3 Å². The van der Waals surface area contributed by atoms with Gasteiger partial charge < -0.3 is 15.4 Å². The normalized spacial score (nSPS) is 12.8. The van der Waals surface area contributed by atoms with Crippen molar-refractivity contribution in [2.75, 3.05) is 6.61 Å². The average molecular weight is 371 g/mol. The molecule has 0 radical (unpaired) electrons. The molecule has 0 saturated carbocycles. The van der Waals surface area contributed by atoms with Gasteiger partial charge >= 0.3 is 0 Å². The van der Waals surface area contributed by atoms with Crippen molar-refractivity contribution in [3.63, 3.8) is 0 Å². The number of amides is 1.